The summed E-state index contributed by atoms with van der Waals surface area (Å²) in [5.74, 6) is 0.303. The van der Waals surface area contributed by atoms with Crippen molar-refractivity contribution in [1.82, 2.24) is 0 Å². The van der Waals surface area contributed by atoms with E-state index < -0.39 is 5.97 Å². The van der Waals surface area contributed by atoms with Crippen LogP contribution in [0.1, 0.15) is 12.5 Å². The molecule has 24 heavy (non-hydrogen) atoms. The maximum absolute atomic E-state index is 11.1. The molecule has 0 amide bonds. The van der Waals surface area contributed by atoms with Crippen molar-refractivity contribution in [2.45, 2.75) is 13.5 Å². The molecule has 0 unspecified atom stereocenters. The van der Waals surface area contributed by atoms with Crippen molar-refractivity contribution in [3.8, 4) is 11.5 Å². The molecule has 0 saturated carbocycles. The predicted molar refractivity (Wildman–Crippen MR) is 93.3 cm³/mol. The number of ether oxygens (including phenoxy) is 2. The molecule has 124 valence electrons. The molecule has 1 heterocycles. The third-order valence-corrected chi connectivity index (χ3v) is 4.13. The van der Waals surface area contributed by atoms with E-state index in [9.17, 15) is 4.79 Å². The monoisotopic (exact) mass is 384 g/mol. The number of carbonyl (C=O) groups is 1. The third-order valence-electron chi connectivity index (χ3n) is 3.24. The standard InChI is InChI=1S/C17H11Cl3O4/c1-9(21)24-17-8-23-15-6-16(14(20)5-12(15)17)22-7-10-2-3-11(18)4-13(10)19/h2-6,8H,7H2,1H3. The Morgan fingerprint density at radius 2 is 1.88 bits per heavy atom. The molecule has 0 radical (unpaired) electrons. The predicted octanol–water partition coefficient (Wildman–Crippen LogP) is 5.90. The zero-order chi connectivity index (χ0) is 17.3. The number of carbonyl (C=O) groups excluding carboxylic acids is 1. The topological polar surface area (TPSA) is 48.7 Å². The molecule has 1 aromatic heterocycles. The first-order valence-corrected chi connectivity index (χ1v) is 8.03. The average Bonchev–Trinajstić information content (AvgIpc) is 2.87. The van der Waals surface area contributed by atoms with Gasteiger partial charge in [-0.1, -0.05) is 40.9 Å². The van der Waals surface area contributed by atoms with Gasteiger partial charge in [-0.25, -0.2) is 0 Å². The molecule has 4 nitrogen and oxygen atoms in total. The van der Waals surface area contributed by atoms with Crippen LogP contribution < -0.4 is 9.47 Å². The van der Waals surface area contributed by atoms with Gasteiger partial charge in [-0.05, 0) is 18.2 Å². The summed E-state index contributed by atoms with van der Waals surface area (Å²) in [6.45, 7) is 1.53. The van der Waals surface area contributed by atoms with Crippen LogP contribution in [0.5, 0.6) is 11.5 Å². The number of furan rings is 1. The second kappa shape index (κ2) is 6.93. The fraction of sp³-hybridized carbons (Fsp3) is 0.118. The molecule has 3 aromatic rings. The van der Waals surface area contributed by atoms with Crippen LogP contribution in [0.4, 0.5) is 0 Å². The highest BCUT2D eigenvalue weighted by molar-refractivity contribution is 6.35. The van der Waals surface area contributed by atoms with Crippen LogP contribution in [0.3, 0.4) is 0 Å². The van der Waals surface area contributed by atoms with Gasteiger partial charge in [0.25, 0.3) is 0 Å². The Morgan fingerprint density at radius 1 is 1.08 bits per heavy atom. The van der Waals surface area contributed by atoms with E-state index in [-0.39, 0.29) is 6.61 Å². The Kier molecular flexibility index (Phi) is 4.90. The SMILES string of the molecule is CC(=O)Oc1coc2cc(OCc3ccc(Cl)cc3Cl)c(Cl)cc12. The average molecular weight is 386 g/mol. The minimum absolute atomic E-state index is 0.221. The zero-order valence-electron chi connectivity index (χ0n) is 12.4. The van der Waals surface area contributed by atoms with Gasteiger partial charge in [0.15, 0.2) is 5.75 Å². The summed E-state index contributed by atoms with van der Waals surface area (Å²) in [5, 5.41) is 2.01. The summed E-state index contributed by atoms with van der Waals surface area (Å²) in [4.78, 5) is 11.1. The van der Waals surface area contributed by atoms with Crippen LogP contribution in [0.15, 0.2) is 41.0 Å². The Bertz CT molecular complexity index is 918. The Morgan fingerprint density at radius 3 is 2.58 bits per heavy atom. The quantitative estimate of drug-likeness (QED) is 0.525. The van der Waals surface area contributed by atoms with Crippen molar-refractivity contribution in [1.29, 1.82) is 0 Å². The Labute approximate surface area is 152 Å². The highest BCUT2D eigenvalue weighted by atomic mass is 35.5. The van der Waals surface area contributed by atoms with Gasteiger partial charge in [-0.15, -0.1) is 0 Å². The van der Waals surface area contributed by atoms with Crippen molar-refractivity contribution in [2.24, 2.45) is 0 Å². The number of rotatable bonds is 4. The van der Waals surface area contributed by atoms with Gasteiger partial charge in [-0.2, -0.15) is 0 Å². The first kappa shape index (κ1) is 17.0. The molecule has 2 aromatic carbocycles. The van der Waals surface area contributed by atoms with E-state index >= 15 is 0 Å². The second-order valence-electron chi connectivity index (χ2n) is 5.00. The molecule has 0 aliphatic rings. The van der Waals surface area contributed by atoms with Crippen LogP contribution in [0.25, 0.3) is 11.0 Å². The second-order valence-corrected chi connectivity index (χ2v) is 6.25. The van der Waals surface area contributed by atoms with Gasteiger partial charge in [0.1, 0.15) is 24.2 Å². The van der Waals surface area contributed by atoms with Gasteiger partial charge in [-0.3, -0.25) is 4.79 Å². The molecule has 0 N–H and O–H groups in total. The molecule has 0 saturated heterocycles. The van der Waals surface area contributed by atoms with Gasteiger partial charge in [0.2, 0.25) is 0 Å². The van der Waals surface area contributed by atoms with E-state index in [0.29, 0.717) is 37.5 Å². The first-order chi connectivity index (χ1) is 11.4. The van der Waals surface area contributed by atoms with Crippen LogP contribution >= 0.6 is 34.8 Å². The number of halogens is 3. The molecule has 0 aliphatic heterocycles. The van der Waals surface area contributed by atoms with Crippen molar-refractivity contribution in [3.63, 3.8) is 0 Å². The molecular weight excluding hydrogens is 375 g/mol. The maximum Gasteiger partial charge on any atom is 0.308 e. The van der Waals surface area contributed by atoms with Crippen molar-refractivity contribution in [2.75, 3.05) is 0 Å². The van der Waals surface area contributed by atoms with Crippen LogP contribution in [0, 0.1) is 0 Å². The van der Waals surface area contributed by atoms with Crippen molar-refractivity contribution in [3.05, 3.63) is 57.2 Å². The summed E-state index contributed by atoms with van der Waals surface area (Å²) in [6.07, 6.45) is 1.35. The molecular formula is C17H11Cl3O4. The number of hydrogen-bond acceptors (Lipinski definition) is 4. The van der Waals surface area contributed by atoms with Gasteiger partial charge in [0, 0.05) is 28.6 Å². The molecule has 0 fully saturated rings. The highest BCUT2D eigenvalue weighted by Crippen LogP contribution is 2.36. The zero-order valence-corrected chi connectivity index (χ0v) is 14.7. The molecule has 7 heteroatoms. The lowest BCUT2D eigenvalue weighted by Gasteiger charge is -2.10. The lowest BCUT2D eigenvalue weighted by molar-refractivity contribution is -0.131. The molecule has 0 aliphatic carbocycles. The fourth-order valence-corrected chi connectivity index (χ4v) is 2.83. The maximum atomic E-state index is 11.1. The van der Waals surface area contributed by atoms with E-state index in [1.807, 2.05) is 0 Å². The summed E-state index contributed by atoms with van der Waals surface area (Å²) in [5.41, 5.74) is 1.27. The van der Waals surface area contributed by atoms with Crippen molar-refractivity contribution < 1.29 is 18.7 Å². The first-order valence-electron chi connectivity index (χ1n) is 6.90. The molecule has 0 atom stereocenters. The number of benzene rings is 2. The highest BCUT2D eigenvalue weighted by Gasteiger charge is 2.14. The normalized spacial score (nSPS) is 10.8. The van der Waals surface area contributed by atoms with Crippen LogP contribution in [0.2, 0.25) is 15.1 Å². The largest absolute Gasteiger partial charge is 0.487 e. The summed E-state index contributed by atoms with van der Waals surface area (Å²) in [7, 11) is 0. The summed E-state index contributed by atoms with van der Waals surface area (Å²) < 4.78 is 16.1. The van der Waals surface area contributed by atoms with Crippen molar-refractivity contribution >= 4 is 51.7 Å². The molecule has 3 rings (SSSR count). The van der Waals surface area contributed by atoms with E-state index in [1.54, 1.807) is 30.3 Å². The minimum Gasteiger partial charge on any atom is -0.487 e. The van der Waals surface area contributed by atoms with Gasteiger partial charge < -0.3 is 13.9 Å². The van der Waals surface area contributed by atoms with E-state index in [0.717, 1.165) is 5.56 Å². The van der Waals surface area contributed by atoms with Gasteiger partial charge >= 0.3 is 5.97 Å². The van der Waals surface area contributed by atoms with E-state index in [2.05, 4.69) is 0 Å². The lowest BCUT2D eigenvalue weighted by Crippen LogP contribution is -2.00. The Balaban J connectivity index is 1.84. The number of hydrogen-bond donors (Lipinski definition) is 0. The number of esters is 1. The smallest absolute Gasteiger partial charge is 0.308 e. The van der Waals surface area contributed by atoms with Crippen LogP contribution in [-0.2, 0) is 11.4 Å². The van der Waals surface area contributed by atoms with Crippen LogP contribution in [-0.4, -0.2) is 5.97 Å². The molecule has 0 bridgehead atoms. The lowest BCUT2D eigenvalue weighted by atomic mass is 10.2. The van der Waals surface area contributed by atoms with Gasteiger partial charge in [0.05, 0.1) is 10.4 Å². The van der Waals surface area contributed by atoms with E-state index in [4.69, 9.17) is 48.7 Å². The van der Waals surface area contributed by atoms with E-state index in [1.165, 1.54) is 13.2 Å². The molecule has 0 spiro atoms. The minimum atomic E-state index is -0.438. The summed E-state index contributed by atoms with van der Waals surface area (Å²) >= 11 is 18.2. The summed E-state index contributed by atoms with van der Waals surface area (Å²) in [6, 6.07) is 8.41. The number of fused-ring (bicyclic) bond motifs is 1. The Hall–Kier alpha value is -1.88. The fourth-order valence-electron chi connectivity index (χ4n) is 2.14. The third kappa shape index (κ3) is 3.61.